The predicted molar refractivity (Wildman–Crippen MR) is 58.3 cm³/mol. The van der Waals surface area contributed by atoms with Crippen molar-refractivity contribution in [2.75, 3.05) is 13.1 Å². The lowest BCUT2D eigenvalue weighted by molar-refractivity contribution is -0.118. The summed E-state index contributed by atoms with van der Waals surface area (Å²) in [6.07, 6.45) is 0.559. The summed E-state index contributed by atoms with van der Waals surface area (Å²) < 4.78 is 0. The number of Topliss-reactive ketones (excluding diaryl/α,β-unsaturated/α-hetero) is 1. The van der Waals surface area contributed by atoms with Gasteiger partial charge in [-0.1, -0.05) is 6.92 Å². The highest BCUT2D eigenvalue weighted by molar-refractivity contribution is 5.76. The second kappa shape index (κ2) is 5.47. The Morgan fingerprint density at radius 3 is 2.29 bits per heavy atom. The van der Waals surface area contributed by atoms with Crippen molar-refractivity contribution in [2.45, 2.75) is 52.7 Å². The van der Waals surface area contributed by atoms with Gasteiger partial charge in [-0.2, -0.15) is 0 Å². The first-order valence-corrected chi connectivity index (χ1v) is 5.22. The van der Waals surface area contributed by atoms with Gasteiger partial charge in [0.15, 0.2) is 0 Å². The first kappa shape index (κ1) is 13.6. The zero-order valence-electron chi connectivity index (χ0n) is 10.0. The highest BCUT2D eigenvalue weighted by Gasteiger charge is 2.21. The summed E-state index contributed by atoms with van der Waals surface area (Å²) in [6, 6.07) is 0.212. The fourth-order valence-corrected chi connectivity index (χ4v) is 1.62. The minimum absolute atomic E-state index is 0.201. The Morgan fingerprint density at radius 1 is 1.50 bits per heavy atom. The van der Waals surface area contributed by atoms with E-state index in [4.69, 9.17) is 0 Å². The first-order valence-electron chi connectivity index (χ1n) is 5.22. The molecule has 0 rings (SSSR count). The van der Waals surface area contributed by atoms with Gasteiger partial charge in [0.25, 0.3) is 0 Å². The molecule has 0 aromatic heterocycles. The Labute approximate surface area is 87.1 Å². The smallest absolute Gasteiger partial charge is 0.131 e. The van der Waals surface area contributed by atoms with Crippen LogP contribution >= 0.6 is 0 Å². The molecule has 0 saturated carbocycles. The van der Waals surface area contributed by atoms with E-state index in [1.165, 1.54) is 0 Å². The molecule has 0 saturated heterocycles. The summed E-state index contributed by atoms with van der Waals surface area (Å²) in [5, 5.41) is 9.68. The molecule has 3 heteroatoms. The van der Waals surface area contributed by atoms with Crippen molar-refractivity contribution in [1.29, 1.82) is 0 Å². The molecule has 0 fully saturated rings. The molecule has 3 nitrogen and oxygen atoms in total. The van der Waals surface area contributed by atoms with Crippen molar-refractivity contribution >= 4 is 5.78 Å². The van der Waals surface area contributed by atoms with Gasteiger partial charge in [-0.05, 0) is 34.2 Å². The molecule has 0 aromatic carbocycles. The van der Waals surface area contributed by atoms with Gasteiger partial charge in [0.05, 0.1) is 5.60 Å². The average Bonchev–Trinajstić information content (AvgIpc) is 1.96. The molecular weight excluding hydrogens is 178 g/mol. The summed E-state index contributed by atoms with van der Waals surface area (Å²) >= 11 is 0. The second-order valence-corrected chi connectivity index (χ2v) is 4.63. The molecule has 0 aliphatic heterocycles. The van der Waals surface area contributed by atoms with Crippen LogP contribution in [0.25, 0.3) is 0 Å². The van der Waals surface area contributed by atoms with Crippen LogP contribution in [0.5, 0.6) is 0 Å². The SMILES string of the molecule is CCN(CC(C)(C)O)C(C)CC(C)=O. The van der Waals surface area contributed by atoms with Gasteiger partial charge in [0, 0.05) is 19.0 Å². The number of hydrogen-bond acceptors (Lipinski definition) is 3. The number of likely N-dealkylation sites (N-methyl/N-ethyl adjacent to an activating group) is 1. The maximum Gasteiger partial charge on any atom is 0.131 e. The fraction of sp³-hybridized carbons (Fsp3) is 0.909. The van der Waals surface area contributed by atoms with Crippen LogP contribution in [0.3, 0.4) is 0 Å². The third-order valence-electron chi connectivity index (χ3n) is 2.20. The molecule has 1 unspecified atom stereocenters. The van der Waals surface area contributed by atoms with Crippen molar-refractivity contribution in [1.82, 2.24) is 4.90 Å². The van der Waals surface area contributed by atoms with Gasteiger partial charge in [-0.15, -0.1) is 0 Å². The lowest BCUT2D eigenvalue weighted by Crippen LogP contribution is -2.43. The van der Waals surface area contributed by atoms with E-state index in [9.17, 15) is 9.90 Å². The van der Waals surface area contributed by atoms with E-state index in [1.807, 2.05) is 13.8 Å². The molecular formula is C11H23NO2. The number of ketones is 1. The quantitative estimate of drug-likeness (QED) is 0.707. The van der Waals surface area contributed by atoms with Crippen LogP contribution in [0.1, 0.15) is 41.0 Å². The molecule has 0 heterocycles. The van der Waals surface area contributed by atoms with E-state index in [1.54, 1.807) is 20.8 Å². The highest BCUT2D eigenvalue weighted by Crippen LogP contribution is 2.10. The maximum atomic E-state index is 11.0. The van der Waals surface area contributed by atoms with Crippen molar-refractivity contribution in [3.8, 4) is 0 Å². The first-order chi connectivity index (χ1) is 6.26. The van der Waals surface area contributed by atoms with E-state index < -0.39 is 5.60 Å². The van der Waals surface area contributed by atoms with Crippen LogP contribution in [-0.4, -0.2) is 40.5 Å². The second-order valence-electron chi connectivity index (χ2n) is 4.63. The summed E-state index contributed by atoms with van der Waals surface area (Å²) in [6.45, 7) is 10.7. The Balaban J connectivity index is 4.19. The van der Waals surface area contributed by atoms with E-state index in [0.29, 0.717) is 13.0 Å². The number of nitrogens with zero attached hydrogens (tertiary/aromatic N) is 1. The number of carbonyl (C=O) groups excluding carboxylic acids is 1. The summed E-state index contributed by atoms with van der Waals surface area (Å²) in [7, 11) is 0. The van der Waals surface area contributed by atoms with Crippen LogP contribution in [0.2, 0.25) is 0 Å². The van der Waals surface area contributed by atoms with Crippen molar-refractivity contribution in [3.05, 3.63) is 0 Å². The van der Waals surface area contributed by atoms with E-state index >= 15 is 0 Å². The molecule has 84 valence electrons. The Kier molecular flexibility index (Phi) is 5.31. The average molecular weight is 201 g/mol. The molecule has 0 amide bonds. The van der Waals surface area contributed by atoms with Crippen LogP contribution in [-0.2, 0) is 4.79 Å². The molecule has 1 atom stereocenters. The van der Waals surface area contributed by atoms with Crippen molar-refractivity contribution < 1.29 is 9.90 Å². The van der Waals surface area contributed by atoms with Crippen LogP contribution in [0.15, 0.2) is 0 Å². The molecule has 1 N–H and O–H groups in total. The summed E-state index contributed by atoms with van der Waals surface area (Å²) in [5.41, 5.74) is -0.693. The fourth-order valence-electron chi connectivity index (χ4n) is 1.62. The lowest BCUT2D eigenvalue weighted by Gasteiger charge is -2.32. The van der Waals surface area contributed by atoms with Crippen molar-refractivity contribution in [3.63, 3.8) is 0 Å². The number of aliphatic hydroxyl groups is 1. The van der Waals surface area contributed by atoms with Crippen LogP contribution < -0.4 is 0 Å². The van der Waals surface area contributed by atoms with Gasteiger partial charge in [0.2, 0.25) is 0 Å². The van der Waals surface area contributed by atoms with E-state index in [0.717, 1.165) is 6.54 Å². The third kappa shape index (κ3) is 6.11. The number of rotatable bonds is 6. The van der Waals surface area contributed by atoms with Gasteiger partial charge in [0.1, 0.15) is 5.78 Å². The van der Waals surface area contributed by atoms with E-state index in [-0.39, 0.29) is 11.8 Å². The lowest BCUT2D eigenvalue weighted by atomic mass is 10.1. The Morgan fingerprint density at radius 2 is 2.00 bits per heavy atom. The number of carbonyl (C=O) groups is 1. The van der Waals surface area contributed by atoms with Crippen LogP contribution in [0, 0.1) is 0 Å². The van der Waals surface area contributed by atoms with Gasteiger partial charge in [-0.25, -0.2) is 0 Å². The minimum Gasteiger partial charge on any atom is -0.389 e. The van der Waals surface area contributed by atoms with Gasteiger partial charge < -0.3 is 5.11 Å². The zero-order valence-corrected chi connectivity index (χ0v) is 10.0. The highest BCUT2D eigenvalue weighted by atomic mass is 16.3. The normalized spacial score (nSPS) is 14.5. The summed E-state index contributed by atoms with van der Waals surface area (Å²) in [4.78, 5) is 13.1. The molecule has 0 radical (unpaired) electrons. The van der Waals surface area contributed by atoms with Crippen molar-refractivity contribution in [2.24, 2.45) is 0 Å². The largest absolute Gasteiger partial charge is 0.389 e. The standard InChI is InChI=1S/C11H23NO2/c1-6-12(8-11(4,5)14)9(2)7-10(3)13/h9,14H,6-8H2,1-5H3. The minimum atomic E-state index is -0.693. The monoisotopic (exact) mass is 201 g/mol. The zero-order chi connectivity index (χ0) is 11.4. The van der Waals surface area contributed by atoms with Gasteiger partial charge >= 0.3 is 0 Å². The van der Waals surface area contributed by atoms with E-state index in [2.05, 4.69) is 4.90 Å². The van der Waals surface area contributed by atoms with Gasteiger partial charge in [-0.3, -0.25) is 9.69 Å². The molecule has 0 bridgehead atoms. The topological polar surface area (TPSA) is 40.5 Å². The molecule has 0 aliphatic rings. The third-order valence-corrected chi connectivity index (χ3v) is 2.20. The molecule has 14 heavy (non-hydrogen) atoms. The summed E-state index contributed by atoms with van der Waals surface area (Å²) in [5.74, 6) is 0.201. The molecule has 0 aliphatic carbocycles. The number of hydrogen-bond donors (Lipinski definition) is 1. The van der Waals surface area contributed by atoms with Crippen LogP contribution in [0.4, 0.5) is 0 Å². The molecule has 0 spiro atoms. The molecule has 0 aromatic rings. The maximum absolute atomic E-state index is 11.0. The predicted octanol–water partition coefficient (Wildman–Crippen LogP) is 1.45. The Bertz CT molecular complexity index is 184. The Hall–Kier alpha value is -0.410.